The third kappa shape index (κ3) is 5.69. The largest absolute Gasteiger partial charge is 0.297 e. The summed E-state index contributed by atoms with van der Waals surface area (Å²) in [7, 11) is 1.88. The first-order valence-electron chi connectivity index (χ1n) is 11.4. The molecule has 0 saturated heterocycles. The standard InChI is InChI=1S/C27H41N/c1-6-9-10-11-12-13-14-16-25-23(8-3)22-19-26(27(25)20-22)24(17-18-28-5)21(4)15-7-2/h6-7,9-13,15,17-18,21-23,25-27H,8,14,16,19-20H2,1-5H3/b9-6-,11-10-,13-12+,15-7-,24-17+,28-18?. The fraction of sp³-hybridized carbons (Fsp3) is 0.593. The Morgan fingerprint density at radius 2 is 1.82 bits per heavy atom. The minimum Gasteiger partial charge on any atom is -0.297 e. The summed E-state index contributed by atoms with van der Waals surface area (Å²) in [5.41, 5.74) is 1.61. The first-order valence-corrected chi connectivity index (χ1v) is 11.4. The topological polar surface area (TPSA) is 12.4 Å². The summed E-state index contributed by atoms with van der Waals surface area (Å²) in [5.74, 6) is 4.89. The van der Waals surface area contributed by atoms with Crippen LogP contribution in [-0.4, -0.2) is 13.3 Å². The van der Waals surface area contributed by atoms with E-state index in [-0.39, 0.29) is 0 Å². The molecule has 0 radical (unpaired) electrons. The van der Waals surface area contributed by atoms with Gasteiger partial charge in [0.05, 0.1) is 0 Å². The molecule has 0 aromatic heterocycles. The van der Waals surface area contributed by atoms with Crippen LogP contribution in [0.2, 0.25) is 0 Å². The van der Waals surface area contributed by atoms with E-state index in [4.69, 9.17) is 0 Å². The van der Waals surface area contributed by atoms with Crippen molar-refractivity contribution < 1.29 is 0 Å². The van der Waals surface area contributed by atoms with E-state index >= 15 is 0 Å². The third-order valence-electron chi connectivity index (χ3n) is 7.00. The molecule has 1 nitrogen and oxygen atoms in total. The van der Waals surface area contributed by atoms with Crippen molar-refractivity contribution in [2.75, 3.05) is 7.05 Å². The smallest absolute Gasteiger partial charge is 0.0277 e. The van der Waals surface area contributed by atoms with Crippen LogP contribution in [0.25, 0.3) is 0 Å². The lowest BCUT2D eigenvalue weighted by atomic mass is 9.67. The highest BCUT2D eigenvalue weighted by molar-refractivity contribution is 5.72. The summed E-state index contributed by atoms with van der Waals surface area (Å²) < 4.78 is 0. The average molecular weight is 380 g/mol. The van der Waals surface area contributed by atoms with E-state index in [0.717, 1.165) is 29.6 Å². The van der Waals surface area contributed by atoms with Crippen molar-refractivity contribution in [2.45, 2.75) is 59.8 Å². The molecule has 2 aliphatic carbocycles. The summed E-state index contributed by atoms with van der Waals surface area (Å²) in [4.78, 5) is 4.25. The van der Waals surface area contributed by atoms with Crippen LogP contribution >= 0.6 is 0 Å². The van der Waals surface area contributed by atoms with Gasteiger partial charge >= 0.3 is 0 Å². The normalized spacial score (nSPS) is 32.3. The Balaban J connectivity index is 2.09. The van der Waals surface area contributed by atoms with Gasteiger partial charge in [-0.15, -0.1) is 0 Å². The maximum absolute atomic E-state index is 4.25. The number of fused-ring (bicyclic) bond motifs is 2. The van der Waals surface area contributed by atoms with Crippen molar-refractivity contribution in [3.8, 4) is 0 Å². The van der Waals surface area contributed by atoms with Crippen LogP contribution in [-0.2, 0) is 0 Å². The lowest BCUT2D eigenvalue weighted by Gasteiger charge is -2.38. The second-order valence-corrected chi connectivity index (χ2v) is 8.54. The average Bonchev–Trinajstić information content (AvgIpc) is 3.26. The van der Waals surface area contributed by atoms with Gasteiger partial charge in [0.1, 0.15) is 0 Å². The van der Waals surface area contributed by atoms with Gasteiger partial charge in [-0.05, 0) is 81.1 Å². The molecule has 0 aliphatic heterocycles. The zero-order valence-corrected chi connectivity index (χ0v) is 18.7. The van der Waals surface area contributed by atoms with Crippen molar-refractivity contribution in [1.29, 1.82) is 0 Å². The molecule has 2 saturated carbocycles. The summed E-state index contributed by atoms with van der Waals surface area (Å²) in [6.07, 6.45) is 28.6. The summed E-state index contributed by atoms with van der Waals surface area (Å²) in [5, 5.41) is 0. The van der Waals surface area contributed by atoms with Gasteiger partial charge in [0.2, 0.25) is 0 Å². The molecule has 2 aliphatic rings. The molecule has 154 valence electrons. The van der Waals surface area contributed by atoms with Gasteiger partial charge in [0, 0.05) is 13.3 Å². The van der Waals surface area contributed by atoms with Crippen LogP contribution < -0.4 is 0 Å². The fourth-order valence-electron chi connectivity index (χ4n) is 5.92. The highest BCUT2D eigenvalue weighted by atomic mass is 14.6. The molecule has 0 heterocycles. The van der Waals surface area contributed by atoms with Gasteiger partial charge in [-0.3, -0.25) is 4.99 Å². The molecule has 0 spiro atoms. The minimum atomic E-state index is 0.518. The van der Waals surface area contributed by atoms with E-state index in [1.54, 1.807) is 5.57 Å². The van der Waals surface area contributed by atoms with Gasteiger partial charge in [0.25, 0.3) is 0 Å². The molecule has 2 fully saturated rings. The second-order valence-electron chi connectivity index (χ2n) is 8.54. The summed E-state index contributed by atoms with van der Waals surface area (Å²) in [6.45, 7) is 8.95. The number of allylic oxidation sites excluding steroid dienone is 10. The van der Waals surface area contributed by atoms with E-state index < -0.39 is 0 Å². The summed E-state index contributed by atoms with van der Waals surface area (Å²) >= 11 is 0. The van der Waals surface area contributed by atoms with Crippen LogP contribution in [0.1, 0.15) is 59.8 Å². The predicted molar refractivity (Wildman–Crippen MR) is 126 cm³/mol. The van der Waals surface area contributed by atoms with Gasteiger partial charge in [0.15, 0.2) is 0 Å². The van der Waals surface area contributed by atoms with Crippen LogP contribution in [0.3, 0.4) is 0 Å². The maximum atomic E-state index is 4.25. The van der Waals surface area contributed by atoms with Gasteiger partial charge in [-0.1, -0.05) is 74.4 Å². The predicted octanol–water partition coefficient (Wildman–Crippen LogP) is 7.59. The van der Waals surface area contributed by atoms with Crippen LogP contribution in [0, 0.1) is 35.5 Å². The highest BCUT2D eigenvalue weighted by Gasteiger charge is 2.52. The van der Waals surface area contributed by atoms with Crippen molar-refractivity contribution in [3.63, 3.8) is 0 Å². The lowest BCUT2D eigenvalue weighted by Crippen LogP contribution is -2.30. The number of hydrogen-bond acceptors (Lipinski definition) is 1. The van der Waals surface area contributed by atoms with E-state index in [9.17, 15) is 0 Å². The molecule has 2 bridgehead atoms. The van der Waals surface area contributed by atoms with E-state index in [1.807, 2.05) is 13.3 Å². The highest BCUT2D eigenvalue weighted by Crippen LogP contribution is 2.60. The molecule has 2 rings (SSSR count). The van der Waals surface area contributed by atoms with Gasteiger partial charge in [-0.2, -0.15) is 0 Å². The Labute approximate surface area is 174 Å². The first kappa shape index (κ1) is 22.7. The fourth-order valence-corrected chi connectivity index (χ4v) is 5.92. The number of nitrogens with zero attached hydrogens (tertiary/aromatic N) is 1. The number of rotatable bonds is 10. The summed E-state index contributed by atoms with van der Waals surface area (Å²) in [6, 6.07) is 0. The molecule has 0 aromatic rings. The Bertz CT molecular complexity index is 631. The number of hydrogen-bond donors (Lipinski definition) is 0. The molecule has 0 N–H and O–H groups in total. The monoisotopic (exact) mass is 379 g/mol. The Hall–Kier alpha value is -1.63. The van der Waals surface area contributed by atoms with Crippen molar-refractivity contribution in [3.05, 3.63) is 60.3 Å². The quantitative estimate of drug-likeness (QED) is 0.210. The Kier molecular flexibility index (Phi) is 9.75. The molecule has 6 unspecified atom stereocenters. The van der Waals surface area contributed by atoms with Crippen LogP contribution in [0.5, 0.6) is 0 Å². The molecule has 0 aromatic carbocycles. The van der Waals surface area contributed by atoms with Crippen LogP contribution in [0.4, 0.5) is 0 Å². The minimum absolute atomic E-state index is 0.518. The van der Waals surface area contributed by atoms with Crippen molar-refractivity contribution in [1.82, 2.24) is 0 Å². The SMILES string of the molecule is C\C=C/C=C\C=C\CCC1C(CC)C2CC(/C(=C/C=NC)C(C)/C=C\C)C1C2. The van der Waals surface area contributed by atoms with Gasteiger partial charge < -0.3 is 0 Å². The zero-order chi connectivity index (χ0) is 20.4. The van der Waals surface area contributed by atoms with Crippen LogP contribution in [0.15, 0.2) is 65.2 Å². The molecule has 6 atom stereocenters. The Morgan fingerprint density at radius 1 is 1.04 bits per heavy atom. The van der Waals surface area contributed by atoms with E-state index in [2.05, 4.69) is 87.4 Å². The van der Waals surface area contributed by atoms with Gasteiger partial charge in [-0.25, -0.2) is 0 Å². The molecule has 1 heteroatoms. The van der Waals surface area contributed by atoms with E-state index in [1.165, 1.54) is 32.1 Å². The third-order valence-corrected chi connectivity index (χ3v) is 7.00. The molecule has 28 heavy (non-hydrogen) atoms. The second kappa shape index (κ2) is 12.0. The molecular formula is C27H41N. The first-order chi connectivity index (χ1) is 13.7. The molecular weight excluding hydrogens is 338 g/mol. The molecule has 0 amide bonds. The maximum Gasteiger partial charge on any atom is 0.0277 e. The Morgan fingerprint density at radius 3 is 2.50 bits per heavy atom. The van der Waals surface area contributed by atoms with Crippen molar-refractivity contribution in [2.24, 2.45) is 40.5 Å². The zero-order valence-electron chi connectivity index (χ0n) is 18.7. The van der Waals surface area contributed by atoms with E-state index in [0.29, 0.717) is 5.92 Å². The lowest BCUT2D eigenvalue weighted by molar-refractivity contribution is 0.162. The number of aliphatic imine (C=N–C) groups is 1. The van der Waals surface area contributed by atoms with Crippen molar-refractivity contribution >= 4 is 6.21 Å².